The summed E-state index contributed by atoms with van der Waals surface area (Å²) in [5.41, 5.74) is -9.67. The number of rotatable bonds is 1. The van der Waals surface area contributed by atoms with Crippen molar-refractivity contribution in [3.8, 4) is 36.4 Å². The van der Waals surface area contributed by atoms with Gasteiger partial charge in [-0.25, -0.2) is 17.6 Å². The lowest BCUT2D eigenvalue weighted by molar-refractivity contribution is -0.143. The molecule has 164 valence electrons. The third kappa shape index (κ3) is 3.71. The normalized spacial score (nSPS) is 11.1. The van der Waals surface area contributed by atoms with Crippen molar-refractivity contribution >= 4 is 11.1 Å². The van der Waals surface area contributed by atoms with Crippen LogP contribution in [0.15, 0.2) is 6.07 Å². The van der Waals surface area contributed by atoms with E-state index in [0.29, 0.717) is 6.07 Å². The lowest BCUT2D eigenvalue weighted by Gasteiger charge is -2.14. The number of nitrogens with zero attached hydrogens (tertiary/aromatic N) is 6. The van der Waals surface area contributed by atoms with E-state index in [-0.39, 0.29) is 0 Å². The van der Waals surface area contributed by atoms with Crippen LogP contribution >= 0.6 is 0 Å². The monoisotopic (exact) mass is 470 g/mol. The van der Waals surface area contributed by atoms with Crippen molar-refractivity contribution in [3.63, 3.8) is 0 Å². The van der Waals surface area contributed by atoms with Gasteiger partial charge >= 0.3 is 6.18 Å². The van der Waals surface area contributed by atoms with Crippen molar-refractivity contribution in [3.05, 3.63) is 67.6 Å². The van der Waals surface area contributed by atoms with Crippen LogP contribution in [-0.2, 0) is 6.18 Å². The summed E-state index contributed by atoms with van der Waals surface area (Å²) in [6.07, 6.45) is -5.86. The lowest BCUT2D eigenvalue weighted by atomic mass is 9.92. The van der Waals surface area contributed by atoms with Crippen molar-refractivity contribution in [2.24, 2.45) is 0 Å². The van der Waals surface area contributed by atoms with E-state index >= 15 is 0 Å². The standard InChI is InChI=1S/C21HF7N6/c22-17-15(18(23)20(25)16(19(17)24)21(26,27)28)12(6-33)10-1-8(2-29)14(9(3-30)4-31)13(7-34)11(10)5-32/h1H/b12-10-. The molecule has 0 aromatic heterocycles. The van der Waals surface area contributed by atoms with Gasteiger partial charge in [0.15, 0.2) is 23.3 Å². The third-order valence-corrected chi connectivity index (χ3v) is 4.32. The van der Waals surface area contributed by atoms with Crippen LogP contribution < -0.4 is 10.4 Å². The highest BCUT2D eigenvalue weighted by atomic mass is 19.4. The minimum Gasteiger partial charge on any atom is -0.203 e. The molecular weight excluding hydrogens is 469 g/mol. The summed E-state index contributed by atoms with van der Waals surface area (Å²) < 4.78 is 95.8. The predicted octanol–water partition coefficient (Wildman–Crippen LogP) is 2.80. The summed E-state index contributed by atoms with van der Waals surface area (Å²) in [5.74, 6) is -11.0. The zero-order chi connectivity index (χ0) is 26.0. The zero-order valence-corrected chi connectivity index (χ0v) is 15.9. The van der Waals surface area contributed by atoms with Gasteiger partial charge in [0.2, 0.25) is 0 Å². The van der Waals surface area contributed by atoms with Crippen molar-refractivity contribution < 1.29 is 30.7 Å². The van der Waals surface area contributed by atoms with E-state index in [2.05, 4.69) is 0 Å². The number of hydrogen-bond donors (Lipinski definition) is 0. The molecule has 2 aromatic rings. The van der Waals surface area contributed by atoms with Crippen molar-refractivity contribution in [2.75, 3.05) is 0 Å². The fourth-order valence-corrected chi connectivity index (χ4v) is 2.94. The highest BCUT2D eigenvalue weighted by Crippen LogP contribution is 2.38. The van der Waals surface area contributed by atoms with E-state index in [1.54, 1.807) is 0 Å². The SMILES string of the molecule is N#CC(C#N)=c1c(C#N)c/c(=C(\C#N)c2c(F)c(F)c(C(F)(F)F)c(F)c2F)c(C#N)c1C#N. The minimum absolute atomic E-state index is 0.522. The van der Waals surface area contributed by atoms with Gasteiger partial charge in [0.1, 0.15) is 41.5 Å². The predicted molar refractivity (Wildman–Crippen MR) is 93.9 cm³/mol. The summed E-state index contributed by atoms with van der Waals surface area (Å²) in [4.78, 5) is 0. The molecule has 0 spiro atoms. The highest BCUT2D eigenvalue weighted by Gasteiger charge is 2.43. The molecule has 0 amide bonds. The molecule has 0 bridgehead atoms. The molecular formula is C21HF7N6. The van der Waals surface area contributed by atoms with Crippen LogP contribution in [0.2, 0.25) is 0 Å². The molecule has 0 radical (unpaired) electrons. The van der Waals surface area contributed by atoms with E-state index in [9.17, 15) is 51.8 Å². The van der Waals surface area contributed by atoms with Crippen molar-refractivity contribution in [2.45, 2.75) is 6.18 Å². The van der Waals surface area contributed by atoms with Crippen LogP contribution in [-0.4, -0.2) is 0 Å². The molecule has 0 aliphatic heterocycles. The Kier molecular flexibility index (Phi) is 6.60. The Hall–Kier alpha value is -5.37. The van der Waals surface area contributed by atoms with Crippen LogP contribution in [0, 0.1) is 91.3 Å². The number of benzene rings is 2. The first-order valence-electron chi connectivity index (χ1n) is 8.24. The number of halogens is 7. The first kappa shape index (κ1) is 24.9. The van der Waals surface area contributed by atoms with Crippen LogP contribution in [0.1, 0.15) is 27.8 Å². The molecule has 0 saturated heterocycles. The Bertz CT molecular complexity index is 1600. The van der Waals surface area contributed by atoms with Gasteiger partial charge in [-0.15, -0.1) is 0 Å². The Morgan fingerprint density at radius 2 is 1.18 bits per heavy atom. The number of alkyl halides is 3. The summed E-state index contributed by atoms with van der Waals surface area (Å²) in [6.45, 7) is 0. The van der Waals surface area contributed by atoms with Gasteiger partial charge in [-0.3, -0.25) is 0 Å². The summed E-state index contributed by atoms with van der Waals surface area (Å²) in [7, 11) is 0. The summed E-state index contributed by atoms with van der Waals surface area (Å²) in [5, 5.41) is 54.2. The fraction of sp³-hybridized carbons (Fsp3) is 0.0476. The van der Waals surface area contributed by atoms with Gasteiger partial charge in [0.05, 0.1) is 33.9 Å². The molecule has 13 heteroatoms. The topological polar surface area (TPSA) is 143 Å². The maximum atomic E-state index is 14.5. The molecule has 34 heavy (non-hydrogen) atoms. The lowest BCUT2D eigenvalue weighted by Crippen LogP contribution is -2.26. The first-order valence-corrected chi connectivity index (χ1v) is 8.24. The van der Waals surface area contributed by atoms with Crippen LogP contribution in [0.3, 0.4) is 0 Å². The number of nitriles is 6. The smallest absolute Gasteiger partial charge is 0.203 e. The second-order valence-electron chi connectivity index (χ2n) is 6.02. The van der Waals surface area contributed by atoms with Gasteiger partial charge in [-0.1, -0.05) is 0 Å². The minimum atomic E-state index is -5.86. The third-order valence-electron chi connectivity index (χ3n) is 4.32. The van der Waals surface area contributed by atoms with Crippen LogP contribution in [0.5, 0.6) is 0 Å². The van der Waals surface area contributed by atoms with Gasteiger partial charge < -0.3 is 0 Å². The van der Waals surface area contributed by atoms with E-state index in [1.165, 1.54) is 30.3 Å². The molecule has 6 nitrogen and oxygen atoms in total. The molecule has 0 fully saturated rings. The van der Waals surface area contributed by atoms with Gasteiger partial charge in [-0.2, -0.15) is 44.7 Å². The highest BCUT2D eigenvalue weighted by molar-refractivity contribution is 5.81. The Morgan fingerprint density at radius 1 is 0.676 bits per heavy atom. The average molecular weight is 470 g/mol. The van der Waals surface area contributed by atoms with Crippen LogP contribution in [0.4, 0.5) is 30.7 Å². The van der Waals surface area contributed by atoms with E-state index in [1.807, 2.05) is 0 Å². The van der Waals surface area contributed by atoms with Gasteiger partial charge in [0.25, 0.3) is 0 Å². The summed E-state index contributed by atoms with van der Waals surface area (Å²) >= 11 is 0. The fourth-order valence-electron chi connectivity index (χ4n) is 2.94. The molecule has 0 N–H and O–H groups in total. The molecule has 0 atom stereocenters. The number of hydrogen-bond acceptors (Lipinski definition) is 6. The van der Waals surface area contributed by atoms with Crippen molar-refractivity contribution in [1.29, 1.82) is 31.6 Å². The largest absolute Gasteiger partial charge is 0.422 e. The van der Waals surface area contributed by atoms with Gasteiger partial charge in [0, 0.05) is 10.4 Å². The Morgan fingerprint density at radius 3 is 1.53 bits per heavy atom. The van der Waals surface area contributed by atoms with Crippen molar-refractivity contribution in [1.82, 2.24) is 0 Å². The Balaban J connectivity index is 3.39. The molecule has 0 aliphatic carbocycles. The molecule has 2 aromatic carbocycles. The van der Waals surface area contributed by atoms with E-state index in [4.69, 9.17) is 10.5 Å². The average Bonchev–Trinajstić information content (AvgIpc) is 2.79. The Labute approximate surface area is 184 Å². The van der Waals surface area contributed by atoms with Gasteiger partial charge in [-0.05, 0) is 6.07 Å². The second kappa shape index (κ2) is 9.01. The molecule has 0 saturated carbocycles. The van der Waals surface area contributed by atoms with E-state index in [0.717, 1.165) is 6.07 Å². The molecule has 0 aliphatic rings. The molecule has 0 unspecified atom stereocenters. The maximum absolute atomic E-state index is 14.5. The second-order valence-corrected chi connectivity index (χ2v) is 6.02. The van der Waals surface area contributed by atoms with E-state index < -0.39 is 78.8 Å². The summed E-state index contributed by atoms with van der Waals surface area (Å²) in [6, 6.07) is 8.52. The van der Waals surface area contributed by atoms with Crippen LogP contribution in [0.25, 0.3) is 11.1 Å². The quantitative estimate of drug-likeness (QED) is 0.463. The molecule has 2 rings (SSSR count). The first-order chi connectivity index (χ1) is 15.9. The molecule has 0 heterocycles. The zero-order valence-electron chi connectivity index (χ0n) is 15.9. The maximum Gasteiger partial charge on any atom is 0.422 e.